The van der Waals surface area contributed by atoms with E-state index in [4.69, 9.17) is 16.3 Å². The minimum Gasteiger partial charge on any atom is -0.455 e. The molecule has 7 nitrogen and oxygen atoms in total. The molecule has 2 rings (SSSR count). The predicted octanol–water partition coefficient (Wildman–Crippen LogP) is 2.56. The van der Waals surface area contributed by atoms with Crippen LogP contribution in [0.1, 0.15) is 0 Å². The summed E-state index contributed by atoms with van der Waals surface area (Å²) >= 11 is 9.07. The molecular formula is C16H14BrClN2O5S. The van der Waals surface area contributed by atoms with E-state index >= 15 is 0 Å². The number of sulfonamides is 1. The van der Waals surface area contributed by atoms with E-state index in [-0.39, 0.29) is 4.90 Å². The highest BCUT2D eigenvalue weighted by Crippen LogP contribution is 2.20. The quantitative estimate of drug-likeness (QED) is 0.617. The van der Waals surface area contributed by atoms with E-state index < -0.39 is 35.1 Å². The second-order valence-corrected chi connectivity index (χ2v) is 8.06. The first kappa shape index (κ1) is 20.4. The number of benzene rings is 2. The Labute approximate surface area is 163 Å². The van der Waals surface area contributed by atoms with Crippen molar-refractivity contribution in [3.63, 3.8) is 0 Å². The second kappa shape index (κ2) is 9.13. The summed E-state index contributed by atoms with van der Waals surface area (Å²) in [7, 11) is -3.87. The van der Waals surface area contributed by atoms with Crippen molar-refractivity contribution >= 4 is 55.1 Å². The molecular weight excluding hydrogens is 448 g/mol. The number of carbonyl (C=O) groups excluding carboxylic acids is 2. The van der Waals surface area contributed by atoms with Gasteiger partial charge >= 0.3 is 5.97 Å². The van der Waals surface area contributed by atoms with Gasteiger partial charge in [0.1, 0.15) is 6.54 Å². The summed E-state index contributed by atoms with van der Waals surface area (Å²) in [6, 6.07) is 12.6. The van der Waals surface area contributed by atoms with E-state index in [2.05, 4.69) is 26.0 Å². The van der Waals surface area contributed by atoms with E-state index in [0.29, 0.717) is 15.2 Å². The van der Waals surface area contributed by atoms with Crippen LogP contribution in [-0.2, 0) is 24.3 Å². The van der Waals surface area contributed by atoms with Crippen LogP contribution in [0, 0.1) is 0 Å². The largest absolute Gasteiger partial charge is 0.455 e. The van der Waals surface area contributed by atoms with Gasteiger partial charge < -0.3 is 10.1 Å². The maximum absolute atomic E-state index is 12.1. The van der Waals surface area contributed by atoms with Gasteiger partial charge in [0.15, 0.2) is 6.61 Å². The number of halogens is 2. The summed E-state index contributed by atoms with van der Waals surface area (Å²) < 4.78 is 31.6. The molecule has 0 atom stereocenters. The lowest BCUT2D eigenvalue weighted by atomic mass is 10.3. The number of hydrogen-bond acceptors (Lipinski definition) is 5. The molecule has 2 aromatic carbocycles. The Kier molecular flexibility index (Phi) is 7.15. The average Bonchev–Trinajstić information content (AvgIpc) is 2.60. The maximum atomic E-state index is 12.1. The first-order valence-electron chi connectivity index (χ1n) is 7.23. The van der Waals surface area contributed by atoms with Crippen LogP contribution in [0.15, 0.2) is 57.9 Å². The summed E-state index contributed by atoms with van der Waals surface area (Å²) in [6.45, 7) is -1.17. The number of nitrogens with one attached hydrogen (secondary N) is 2. The molecule has 0 fully saturated rings. The Balaban J connectivity index is 1.82. The van der Waals surface area contributed by atoms with Gasteiger partial charge in [0.2, 0.25) is 10.0 Å². The molecule has 10 heteroatoms. The minimum absolute atomic E-state index is 0.00358. The number of carbonyl (C=O) groups is 2. The standard InChI is InChI=1S/C16H14BrClN2O5S/c17-11-4-3-5-12(8-11)26(23,24)19-9-16(22)25-10-15(21)20-14-7-2-1-6-13(14)18/h1-8,19H,9-10H2,(H,20,21). The third kappa shape index (κ3) is 6.10. The van der Waals surface area contributed by atoms with E-state index in [0.717, 1.165) is 0 Å². The molecule has 0 bridgehead atoms. The highest BCUT2D eigenvalue weighted by atomic mass is 79.9. The van der Waals surface area contributed by atoms with E-state index in [1.54, 1.807) is 36.4 Å². The van der Waals surface area contributed by atoms with Gasteiger partial charge in [-0.2, -0.15) is 4.72 Å². The Morgan fingerprint density at radius 3 is 2.54 bits per heavy atom. The van der Waals surface area contributed by atoms with Crippen LogP contribution in [0.2, 0.25) is 5.02 Å². The van der Waals surface area contributed by atoms with Crippen molar-refractivity contribution < 1.29 is 22.7 Å². The lowest BCUT2D eigenvalue weighted by Crippen LogP contribution is -2.32. The molecule has 26 heavy (non-hydrogen) atoms. The molecule has 1 amide bonds. The number of amides is 1. The second-order valence-electron chi connectivity index (χ2n) is 4.97. The van der Waals surface area contributed by atoms with E-state index in [1.807, 2.05) is 0 Å². The van der Waals surface area contributed by atoms with Crippen LogP contribution >= 0.6 is 27.5 Å². The first-order valence-corrected chi connectivity index (χ1v) is 9.88. The molecule has 0 aliphatic rings. The van der Waals surface area contributed by atoms with Gasteiger partial charge in [-0.15, -0.1) is 0 Å². The van der Waals surface area contributed by atoms with Crippen LogP contribution in [0.5, 0.6) is 0 Å². The zero-order valence-corrected chi connectivity index (χ0v) is 16.4. The van der Waals surface area contributed by atoms with Gasteiger partial charge in [-0.05, 0) is 30.3 Å². The van der Waals surface area contributed by atoms with E-state index in [9.17, 15) is 18.0 Å². The highest BCUT2D eigenvalue weighted by Gasteiger charge is 2.17. The van der Waals surface area contributed by atoms with Gasteiger partial charge in [-0.3, -0.25) is 9.59 Å². The molecule has 0 aliphatic heterocycles. The Morgan fingerprint density at radius 2 is 1.85 bits per heavy atom. The fourth-order valence-corrected chi connectivity index (χ4v) is 3.57. The average molecular weight is 462 g/mol. The summed E-state index contributed by atoms with van der Waals surface area (Å²) in [4.78, 5) is 23.4. The molecule has 0 saturated heterocycles. The predicted molar refractivity (Wildman–Crippen MR) is 100 cm³/mol. The lowest BCUT2D eigenvalue weighted by molar-refractivity contribution is -0.146. The molecule has 0 aliphatic carbocycles. The zero-order valence-electron chi connectivity index (χ0n) is 13.2. The van der Waals surface area contributed by atoms with Gasteiger partial charge in [0, 0.05) is 4.47 Å². The molecule has 0 aromatic heterocycles. The monoisotopic (exact) mass is 460 g/mol. The van der Waals surface area contributed by atoms with Crippen LogP contribution in [0.3, 0.4) is 0 Å². The van der Waals surface area contributed by atoms with Gasteiger partial charge in [0.25, 0.3) is 5.91 Å². The molecule has 2 aromatic rings. The minimum atomic E-state index is -3.87. The van der Waals surface area contributed by atoms with Crippen molar-refractivity contribution in [2.45, 2.75) is 4.90 Å². The van der Waals surface area contributed by atoms with Gasteiger partial charge in [-0.25, -0.2) is 8.42 Å². The molecule has 0 heterocycles. The SMILES string of the molecule is O=C(COC(=O)CNS(=O)(=O)c1cccc(Br)c1)Nc1ccccc1Cl. The van der Waals surface area contributed by atoms with Crippen LogP contribution in [-0.4, -0.2) is 33.4 Å². The number of para-hydroxylation sites is 1. The smallest absolute Gasteiger partial charge is 0.321 e. The number of ether oxygens (including phenoxy) is 1. The number of anilines is 1. The molecule has 138 valence electrons. The Hall–Kier alpha value is -1.94. The molecule has 0 unspecified atom stereocenters. The number of rotatable bonds is 7. The third-order valence-electron chi connectivity index (χ3n) is 3.03. The summed E-state index contributed by atoms with van der Waals surface area (Å²) in [6.07, 6.45) is 0. The van der Waals surface area contributed by atoms with Crippen LogP contribution in [0.4, 0.5) is 5.69 Å². The topological polar surface area (TPSA) is 102 Å². The third-order valence-corrected chi connectivity index (χ3v) is 5.25. The van der Waals surface area contributed by atoms with Crippen molar-refractivity contribution in [2.24, 2.45) is 0 Å². The number of esters is 1. The fourth-order valence-electron chi connectivity index (χ4n) is 1.82. The van der Waals surface area contributed by atoms with Crippen molar-refractivity contribution in [3.05, 3.63) is 58.0 Å². The zero-order chi connectivity index (χ0) is 19.2. The normalized spacial score (nSPS) is 11.0. The summed E-state index contributed by atoms with van der Waals surface area (Å²) in [5, 5.41) is 2.82. The van der Waals surface area contributed by atoms with Gasteiger partial charge in [-0.1, -0.05) is 45.7 Å². The van der Waals surface area contributed by atoms with Crippen molar-refractivity contribution in [3.8, 4) is 0 Å². The maximum Gasteiger partial charge on any atom is 0.321 e. The Morgan fingerprint density at radius 1 is 1.12 bits per heavy atom. The van der Waals surface area contributed by atoms with Crippen LogP contribution < -0.4 is 10.0 Å². The highest BCUT2D eigenvalue weighted by molar-refractivity contribution is 9.10. The van der Waals surface area contributed by atoms with Crippen molar-refractivity contribution in [1.82, 2.24) is 4.72 Å². The Bertz CT molecular complexity index is 920. The van der Waals surface area contributed by atoms with Crippen molar-refractivity contribution in [2.75, 3.05) is 18.5 Å². The van der Waals surface area contributed by atoms with E-state index in [1.165, 1.54) is 12.1 Å². The lowest BCUT2D eigenvalue weighted by Gasteiger charge is -2.09. The number of hydrogen-bond donors (Lipinski definition) is 2. The molecule has 2 N–H and O–H groups in total. The summed E-state index contributed by atoms with van der Waals surface area (Å²) in [5.41, 5.74) is 0.380. The summed E-state index contributed by atoms with van der Waals surface area (Å²) in [5.74, 6) is -1.49. The molecule has 0 spiro atoms. The van der Waals surface area contributed by atoms with Crippen molar-refractivity contribution in [1.29, 1.82) is 0 Å². The van der Waals surface area contributed by atoms with Crippen LogP contribution in [0.25, 0.3) is 0 Å². The molecule has 0 radical (unpaired) electrons. The first-order chi connectivity index (χ1) is 12.3. The fraction of sp³-hybridized carbons (Fsp3) is 0.125. The van der Waals surface area contributed by atoms with Gasteiger partial charge in [0.05, 0.1) is 15.6 Å². The molecule has 0 saturated carbocycles.